The van der Waals surface area contributed by atoms with Gasteiger partial charge < -0.3 is 10.6 Å². The number of hydrogen-bond acceptors (Lipinski definition) is 4. The normalized spacial score (nSPS) is 39.1. The summed E-state index contributed by atoms with van der Waals surface area (Å²) in [6, 6.07) is 0.163. The van der Waals surface area contributed by atoms with Crippen LogP contribution in [0.4, 0.5) is 0 Å². The van der Waals surface area contributed by atoms with Crippen molar-refractivity contribution < 1.29 is 9.63 Å². The Bertz CT molecular complexity index is 262. The summed E-state index contributed by atoms with van der Waals surface area (Å²) >= 11 is 0. The van der Waals surface area contributed by atoms with Crippen LogP contribution in [0.25, 0.3) is 0 Å². The Balaban J connectivity index is 2.13. The molecule has 0 radical (unpaired) electrons. The molecule has 1 saturated carbocycles. The van der Waals surface area contributed by atoms with Crippen LogP contribution in [-0.2, 0) is 9.63 Å². The molecule has 2 rings (SSSR count). The first kappa shape index (κ1) is 8.69. The Morgan fingerprint density at radius 2 is 2.31 bits per heavy atom. The summed E-state index contributed by atoms with van der Waals surface area (Å²) in [4.78, 5) is 15.7. The molecule has 0 aromatic heterocycles. The van der Waals surface area contributed by atoms with E-state index in [0.29, 0.717) is 0 Å². The largest absolute Gasteiger partial charge is 0.343 e. The summed E-state index contributed by atoms with van der Waals surface area (Å²) in [5.74, 6) is -0.162. The number of rotatable bonds is 1. The number of carbonyl (C=O) groups is 1. The molecule has 0 amide bonds. The molecule has 0 aromatic carbocycles. The highest BCUT2D eigenvalue weighted by Crippen LogP contribution is 2.30. The fraction of sp³-hybridized carbons (Fsp3) is 0.778. The molecule has 1 aliphatic carbocycles. The van der Waals surface area contributed by atoms with Crippen molar-refractivity contribution in [3.8, 4) is 0 Å². The molecule has 0 spiro atoms. The van der Waals surface area contributed by atoms with Crippen molar-refractivity contribution in [2.45, 2.75) is 32.2 Å². The van der Waals surface area contributed by atoms with Gasteiger partial charge in [-0.1, -0.05) is 11.6 Å². The molecule has 4 nitrogen and oxygen atoms in total. The summed E-state index contributed by atoms with van der Waals surface area (Å²) in [6.07, 6.45) is 3.21. The van der Waals surface area contributed by atoms with Crippen LogP contribution in [0.15, 0.2) is 5.16 Å². The van der Waals surface area contributed by atoms with E-state index in [2.05, 4.69) is 9.99 Å². The zero-order valence-electron chi connectivity index (χ0n) is 7.69. The second-order valence-corrected chi connectivity index (χ2v) is 3.85. The van der Waals surface area contributed by atoms with Gasteiger partial charge in [0.15, 0.2) is 0 Å². The van der Waals surface area contributed by atoms with Crippen molar-refractivity contribution in [3.05, 3.63) is 0 Å². The first-order valence-corrected chi connectivity index (χ1v) is 4.74. The number of nitrogens with two attached hydrogens (primary N) is 1. The van der Waals surface area contributed by atoms with Crippen molar-refractivity contribution in [2.75, 3.05) is 0 Å². The molecule has 2 aliphatic rings. The van der Waals surface area contributed by atoms with E-state index in [-0.39, 0.29) is 23.8 Å². The van der Waals surface area contributed by atoms with Crippen molar-refractivity contribution in [2.24, 2.45) is 22.7 Å². The van der Waals surface area contributed by atoms with E-state index in [1.54, 1.807) is 0 Å². The lowest BCUT2D eigenvalue weighted by molar-refractivity contribution is -0.142. The number of hydrogen-bond donors (Lipinski definition) is 1. The maximum atomic E-state index is 11.1. The molecule has 1 heterocycles. The SMILES string of the molecule is CC1C(=O)ON=C1C1CCCC1N. The minimum absolute atomic E-state index is 0.163. The van der Waals surface area contributed by atoms with E-state index >= 15 is 0 Å². The summed E-state index contributed by atoms with van der Waals surface area (Å²) in [6.45, 7) is 1.83. The lowest BCUT2D eigenvalue weighted by atomic mass is 9.90. The molecule has 0 bridgehead atoms. The van der Waals surface area contributed by atoms with Crippen LogP contribution < -0.4 is 5.73 Å². The van der Waals surface area contributed by atoms with Gasteiger partial charge >= 0.3 is 5.97 Å². The van der Waals surface area contributed by atoms with E-state index in [4.69, 9.17) is 5.73 Å². The minimum Gasteiger partial charge on any atom is -0.327 e. The Morgan fingerprint density at radius 1 is 1.54 bits per heavy atom. The summed E-state index contributed by atoms with van der Waals surface area (Å²) in [5.41, 5.74) is 6.78. The van der Waals surface area contributed by atoms with Gasteiger partial charge in [-0.15, -0.1) is 0 Å². The van der Waals surface area contributed by atoms with Crippen molar-refractivity contribution in [3.63, 3.8) is 0 Å². The first-order chi connectivity index (χ1) is 6.20. The smallest absolute Gasteiger partial charge is 0.327 e. The van der Waals surface area contributed by atoms with E-state index in [0.717, 1.165) is 25.0 Å². The van der Waals surface area contributed by atoms with Gasteiger partial charge in [-0.25, -0.2) is 4.79 Å². The quantitative estimate of drug-likeness (QED) is 0.606. The summed E-state index contributed by atoms with van der Waals surface area (Å²) in [7, 11) is 0. The Hall–Kier alpha value is -0.900. The third-order valence-electron chi connectivity index (χ3n) is 2.99. The topological polar surface area (TPSA) is 64.7 Å². The molecule has 3 atom stereocenters. The van der Waals surface area contributed by atoms with Crippen molar-refractivity contribution in [1.82, 2.24) is 0 Å². The average molecular weight is 182 g/mol. The molecule has 4 heteroatoms. The van der Waals surface area contributed by atoms with Crippen LogP contribution >= 0.6 is 0 Å². The van der Waals surface area contributed by atoms with Crippen molar-refractivity contribution >= 4 is 11.7 Å². The Labute approximate surface area is 77.1 Å². The molecular formula is C9H14N2O2. The summed E-state index contributed by atoms with van der Waals surface area (Å²) in [5, 5.41) is 3.82. The van der Waals surface area contributed by atoms with Crippen LogP contribution in [0.1, 0.15) is 26.2 Å². The van der Waals surface area contributed by atoms with Gasteiger partial charge in [0.25, 0.3) is 0 Å². The van der Waals surface area contributed by atoms with Crippen LogP contribution in [0, 0.1) is 11.8 Å². The molecule has 0 aromatic rings. The van der Waals surface area contributed by atoms with Gasteiger partial charge in [0, 0.05) is 12.0 Å². The van der Waals surface area contributed by atoms with Crippen LogP contribution in [0.3, 0.4) is 0 Å². The maximum absolute atomic E-state index is 11.1. The lowest BCUT2D eigenvalue weighted by Gasteiger charge is -2.15. The second kappa shape index (κ2) is 3.10. The second-order valence-electron chi connectivity index (χ2n) is 3.85. The van der Waals surface area contributed by atoms with Gasteiger partial charge in [0.2, 0.25) is 0 Å². The van der Waals surface area contributed by atoms with Gasteiger partial charge in [0.05, 0.1) is 11.6 Å². The Morgan fingerprint density at radius 3 is 2.77 bits per heavy atom. The monoisotopic (exact) mass is 182 g/mol. The van der Waals surface area contributed by atoms with Gasteiger partial charge in [-0.05, 0) is 19.8 Å². The van der Waals surface area contributed by atoms with E-state index < -0.39 is 0 Å². The molecular weight excluding hydrogens is 168 g/mol. The zero-order valence-corrected chi connectivity index (χ0v) is 7.69. The predicted molar refractivity (Wildman–Crippen MR) is 48.0 cm³/mol. The highest BCUT2D eigenvalue weighted by Gasteiger charge is 2.38. The molecule has 1 fully saturated rings. The van der Waals surface area contributed by atoms with Gasteiger partial charge in [-0.3, -0.25) is 0 Å². The third kappa shape index (κ3) is 1.35. The average Bonchev–Trinajstić information content (AvgIpc) is 2.62. The molecule has 1 aliphatic heterocycles. The van der Waals surface area contributed by atoms with Gasteiger partial charge in [-0.2, -0.15) is 0 Å². The first-order valence-electron chi connectivity index (χ1n) is 4.74. The molecule has 3 unspecified atom stereocenters. The summed E-state index contributed by atoms with van der Waals surface area (Å²) < 4.78 is 0. The number of carbonyl (C=O) groups excluding carboxylic acids is 1. The molecule has 13 heavy (non-hydrogen) atoms. The van der Waals surface area contributed by atoms with Crippen LogP contribution in [-0.4, -0.2) is 17.7 Å². The minimum atomic E-state index is -0.242. The third-order valence-corrected chi connectivity index (χ3v) is 2.99. The van der Waals surface area contributed by atoms with Crippen molar-refractivity contribution in [1.29, 1.82) is 0 Å². The molecule has 2 N–H and O–H groups in total. The number of oxime groups is 1. The molecule has 0 saturated heterocycles. The Kier molecular flexibility index (Phi) is 2.07. The van der Waals surface area contributed by atoms with E-state index in [1.807, 2.05) is 6.92 Å². The molecule has 72 valence electrons. The van der Waals surface area contributed by atoms with E-state index in [1.165, 1.54) is 0 Å². The van der Waals surface area contributed by atoms with Crippen LogP contribution in [0.5, 0.6) is 0 Å². The fourth-order valence-corrected chi connectivity index (χ4v) is 2.12. The number of nitrogens with zero attached hydrogens (tertiary/aromatic N) is 1. The highest BCUT2D eigenvalue weighted by atomic mass is 16.7. The fourth-order valence-electron chi connectivity index (χ4n) is 2.12. The van der Waals surface area contributed by atoms with E-state index in [9.17, 15) is 4.79 Å². The standard InChI is InChI=1S/C9H14N2O2/c1-5-8(11-13-9(5)12)6-3-2-4-7(6)10/h5-7H,2-4,10H2,1H3. The zero-order chi connectivity index (χ0) is 9.42. The predicted octanol–water partition coefficient (Wildman–Crippen LogP) is 0.663. The van der Waals surface area contributed by atoms with Crippen LogP contribution in [0.2, 0.25) is 0 Å². The van der Waals surface area contributed by atoms with Gasteiger partial charge in [0.1, 0.15) is 0 Å². The lowest BCUT2D eigenvalue weighted by Crippen LogP contribution is -2.33. The highest BCUT2D eigenvalue weighted by molar-refractivity contribution is 6.06. The maximum Gasteiger partial charge on any atom is 0.343 e.